The Kier molecular flexibility index (Phi) is 2.94. The van der Waals surface area contributed by atoms with Crippen LogP contribution < -0.4 is 0 Å². The largest absolute Gasteiger partial charge is 0.285 e. The molecule has 0 radical (unpaired) electrons. The van der Waals surface area contributed by atoms with Crippen LogP contribution in [0.4, 0.5) is 0 Å². The van der Waals surface area contributed by atoms with Gasteiger partial charge in [0, 0.05) is 12.4 Å². The molecule has 0 aliphatic heterocycles. The van der Waals surface area contributed by atoms with E-state index < -0.39 is 15.9 Å². The van der Waals surface area contributed by atoms with Gasteiger partial charge in [-0.2, -0.15) is 8.42 Å². The van der Waals surface area contributed by atoms with Gasteiger partial charge in [-0.15, -0.1) is 0 Å². The molecule has 5 nitrogen and oxygen atoms in total. The van der Waals surface area contributed by atoms with E-state index >= 15 is 0 Å². The zero-order valence-corrected chi connectivity index (χ0v) is 7.95. The minimum atomic E-state index is -4.02. The van der Waals surface area contributed by atoms with Crippen molar-refractivity contribution in [1.82, 2.24) is 9.97 Å². The number of rotatable bonds is 3. The molecule has 0 aliphatic rings. The maximum Gasteiger partial charge on any atom is 0.272 e. The number of hydrogen-bond acceptors (Lipinski definition) is 4. The second kappa shape index (κ2) is 3.80. The number of aryl methyl sites for hydroxylation is 1. The van der Waals surface area contributed by atoms with Crippen LogP contribution in [-0.4, -0.2) is 22.9 Å². The van der Waals surface area contributed by atoms with Crippen LogP contribution in [0.1, 0.15) is 18.3 Å². The van der Waals surface area contributed by atoms with Crippen molar-refractivity contribution in [3.8, 4) is 0 Å². The summed E-state index contributed by atoms with van der Waals surface area (Å²) in [6.45, 7) is 1.95. The molecule has 0 spiro atoms. The zero-order valence-electron chi connectivity index (χ0n) is 7.14. The van der Waals surface area contributed by atoms with E-state index in [0.717, 1.165) is 12.0 Å². The van der Waals surface area contributed by atoms with Crippen molar-refractivity contribution >= 4 is 10.1 Å². The van der Waals surface area contributed by atoms with Gasteiger partial charge < -0.3 is 0 Å². The van der Waals surface area contributed by atoms with E-state index in [2.05, 4.69) is 9.97 Å². The predicted molar refractivity (Wildman–Crippen MR) is 46.7 cm³/mol. The van der Waals surface area contributed by atoms with E-state index in [-0.39, 0.29) is 5.82 Å². The van der Waals surface area contributed by atoms with Gasteiger partial charge in [0.2, 0.25) is 0 Å². The second-order valence-electron chi connectivity index (χ2n) is 2.59. The third-order valence-electron chi connectivity index (χ3n) is 1.48. The Morgan fingerprint density at radius 1 is 1.38 bits per heavy atom. The van der Waals surface area contributed by atoms with Gasteiger partial charge in [-0.25, -0.2) is 9.97 Å². The summed E-state index contributed by atoms with van der Waals surface area (Å²) in [6, 6.07) is 0. The van der Waals surface area contributed by atoms with Crippen molar-refractivity contribution in [3.05, 3.63) is 23.8 Å². The van der Waals surface area contributed by atoms with Gasteiger partial charge in [0.05, 0.1) is 0 Å². The molecule has 0 aromatic carbocycles. The molecule has 1 aromatic heterocycles. The average molecular weight is 202 g/mol. The molecule has 0 unspecified atom stereocenters. The lowest BCUT2D eigenvalue weighted by Gasteiger charge is -1.97. The normalized spacial score (nSPS) is 11.5. The molecule has 1 N–H and O–H groups in total. The number of aromatic nitrogens is 2. The highest BCUT2D eigenvalue weighted by molar-refractivity contribution is 7.84. The molecule has 0 bridgehead atoms. The highest BCUT2D eigenvalue weighted by Gasteiger charge is 2.08. The van der Waals surface area contributed by atoms with Crippen molar-refractivity contribution in [1.29, 1.82) is 0 Å². The fourth-order valence-corrected chi connectivity index (χ4v) is 1.28. The highest BCUT2D eigenvalue weighted by Crippen LogP contribution is 2.00. The Morgan fingerprint density at radius 2 is 1.92 bits per heavy atom. The van der Waals surface area contributed by atoms with Gasteiger partial charge in [0.15, 0.2) is 0 Å². The summed E-state index contributed by atoms with van der Waals surface area (Å²) < 4.78 is 29.4. The third kappa shape index (κ3) is 3.47. The Morgan fingerprint density at radius 3 is 2.31 bits per heavy atom. The zero-order chi connectivity index (χ0) is 9.90. The first kappa shape index (κ1) is 10.1. The molecular formula is C7H10N2O3S. The van der Waals surface area contributed by atoms with Crippen molar-refractivity contribution in [2.24, 2.45) is 0 Å². The Labute approximate surface area is 76.6 Å². The van der Waals surface area contributed by atoms with Gasteiger partial charge in [-0.3, -0.25) is 4.55 Å². The lowest BCUT2D eigenvalue weighted by Crippen LogP contribution is -2.05. The summed E-state index contributed by atoms with van der Waals surface area (Å²) in [6.07, 6.45) is 3.90. The SMILES string of the molecule is CCc1cnc(CS(=O)(=O)O)nc1. The van der Waals surface area contributed by atoms with Gasteiger partial charge in [0.25, 0.3) is 10.1 Å². The Balaban J connectivity index is 2.81. The van der Waals surface area contributed by atoms with E-state index in [1.54, 1.807) is 12.4 Å². The van der Waals surface area contributed by atoms with Crippen LogP contribution in [0.5, 0.6) is 0 Å². The molecule has 0 amide bonds. The molecule has 1 aromatic rings. The van der Waals surface area contributed by atoms with E-state index in [1.165, 1.54) is 0 Å². The maximum absolute atomic E-state index is 10.4. The molecular weight excluding hydrogens is 192 g/mol. The topological polar surface area (TPSA) is 80.2 Å². The molecule has 0 aliphatic carbocycles. The van der Waals surface area contributed by atoms with Gasteiger partial charge >= 0.3 is 0 Å². The first-order valence-electron chi connectivity index (χ1n) is 3.76. The monoisotopic (exact) mass is 202 g/mol. The average Bonchev–Trinajstić information content (AvgIpc) is 2.03. The lowest BCUT2D eigenvalue weighted by molar-refractivity contribution is 0.480. The third-order valence-corrected chi connectivity index (χ3v) is 2.10. The van der Waals surface area contributed by atoms with Crippen LogP contribution in [0.3, 0.4) is 0 Å². The summed E-state index contributed by atoms with van der Waals surface area (Å²) in [5, 5.41) is 0. The lowest BCUT2D eigenvalue weighted by atomic mass is 10.3. The molecule has 6 heteroatoms. The van der Waals surface area contributed by atoms with Crippen molar-refractivity contribution < 1.29 is 13.0 Å². The smallest absolute Gasteiger partial charge is 0.272 e. The van der Waals surface area contributed by atoms with Crippen molar-refractivity contribution in [3.63, 3.8) is 0 Å². The summed E-state index contributed by atoms with van der Waals surface area (Å²) in [5.41, 5.74) is 0.930. The van der Waals surface area contributed by atoms with Crippen LogP contribution in [0, 0.1) is 0 Å². The first-order valence-corrected chi connectivity index (χ1v) is 5.37. The van der Waals surface area contributed by atoms with Crippen LogP contribution in [0.25, 0.3) is 0 Å². The highest BCUT2D eigenvalue weighted by atomic mass is 32.2. The molecule has 1 heterocycles. The molecule has 0 atom stereocenters. The quantitative estimate of drug-likeness (QED) is 0.719. The molecule has 0 fully saturated rings. The van der Waals surface area contributed by atoms with Gasteiger partial charge in [-0.1, -0.05) is 6.92 Å². The summed E-state index contributed by atoms with van der Waals surface area (Å²) in [5.74, 6) is -0.420. The fourth-order valence-electron chi connectivity index (χ4n) is 0.802. The first-order chi connectivity index (χ1) is 6.01. The maximum atomic E-state index is 10.4. The minimum absolute atomic E-state index is 0.111. The molecule has 72 valence electrons. The number of hydrogen-bond donors (Lipinski definition) is 1. The van der Waals surface area contributed by atoms with Gasteiger partial charge in [0.1, 0.15) is 11.6 Å². The standard InChI is InChI=1S/C7H10N2O3S/c1-2-6-3-8-7(9-4-6)5-13(10,11)12/h3-4H,2,5H2,1H3,(H,10,11,12). The Hall–Kier alpha value is -1.01. The van der Waals surface area contributed by atoms with E-state index in [4.69, 9.17) is 4.55 Å². The number of nitrogens with zero attached hydrogens (tertiary/aromatic N) is 2. The molecule has 13 heavy (non-hydrogen) atoms. The second-order valence-corrected chi connectivity index (χ2v) is 4.04. The van der Waals surface area contributed by atoms with Crippen LogP contribution in [-0.2, 0) is 22.3 Å². The fraction of sp³-hybridized carbons (Fsp3) is 0.429. The molecule has 0 saturated heterocycles. The van der Waals surface area contributed by atoms with E-state index in [1.807, 2.05) is 6.92 Å². The van der Waals surface area contributed by atoms with Crippen LogP contribution in [0.2, 0.25) is 0 Å². The summed E-state index contributed by atoms with van der Waals surface area (Å²) in [4.78, 5) is 7.57. The van der Waals surface area contributed by atoms with Gasteiger partial charge in [-0.05, 0) is 12.0 Å². The summed E-state index contributed by atoms with van der Waals surface area (Å²) in [7, 11) is -4.02. The Bertz CT molecular complexity index is 371. The van der Waals surface area contributed by atoms with E-state index in [9.17, 15) is 8.42 Å². The van der Waals surface area contributed by atoms with Crippen LogP contribution in [0.15, 0.2) is 12.4 Å². The molecule has 0 saturated carbocycles. The minimum Gasteiger partial charge on any atom is -0.285 e. The summed E-state index contributed by atoms with van der Waals surface area (Å²) >= 11 is 0. The van der Waals surface area contributed by atoms with E-state index in [0.29, 0.717) is 0 Å². The molecule has 1 rings (SSSR count). The van der Waals surface area contributed by atoms with Crippen molar-refractivity contribution in [2.45, 2.75) is 19.1 Å². The van der Waals surface area contributed by atoms with Crippen LogP contribution >= 0.6 is 0 Å². The van der Waals surface area contributed by atoms with Crippen molar-refractivity contribution in [2.75, 3.05) is 0 Å². The predicted octanol–water partition coefficient (Wildman–Crippen LogP) is 0.427.